The van der Waals surface area contributed by atoms with E-state index in [-0.39, 0.29) is 22.6 Å². The average molecular weight is 242 g/mol. The maximum atomic E-state index is 10.9. The number of carbonyl (C=O) groups is 2. The molecule has 2 amide bonds. The predicted octanol–water partition coefficient (Wildman–Crippen LogP) is 1.70. The third kappa shape index (κ3) is 8.72. The van der Waals surface area contributed by atoms with Crippen LogP contribution in [0.4, 0.5) is 0 Å². The molecule has 0 aliphatic heterocycles. The van der Waals surface area contributed by atoms with Crippen molar-refractivity contribution in [1.82, 2.24) is 10.6 Å². The summed E-state index contributed by atoms with van der Waals surface area (Å²) in [5.41, 5.74) is 0.0429. The molecular weight excluding hydrogens is 216 g/mol. The Kier molecular flexibility index (Phi) is 5.66. The molecule has 0 aliphatic carbocycles. The Hall–Kier alpha value is -1.06. The standard InChI is InChI=1S/C13H26N2O2/c1-10(16)14-8-12(3,4)7-13(5,6)9-15-11(2)17/h7-9H2,1-6H3,(H,14,16)(H,15,17). The van der Waals surface area contributed by atoms with E-state index in [0.717, 1.165) is 6.42 Å². The Morgan fingerprint density at radius 3 is 1.35 bits per heavy atom. The molecule has 0 spiro atoms. The number of carbonyl (C=O) groups excluding carboxylic acids is 2. The first-order chi connectivity index (χ1) is 7.54. The molecule has 0 saturated carbocycles. The van der Waals surface area contributed by atoms with Crippen molar-refractivity contribution in [2.75, 3.05) is 13.1 Å². The van der Waals surface area contributed by atoms with Gasteiger partial charge < -0.3 is 10.6 Å². The van der Waals surface area contributed by atoms with Gasteiger partial charge in [-0.1, -0.05) is 27.7 Å². The highest BCUT2D eigenvalue weighted by Crippen LogP contribution is 2.32. The van der Waals surface area contributed by atoms with Crippen molar-refractivity contribution in [3.05, 3.63) is 0 Å². The van der Waals surface area contributed by atoms with Gasteiger partial charge in [-0.2, -0.15) is 0 Å². The molecule has 2 N–H and O–H groups in total. The van der Waals surface area contributed by atoms with Crippen molar-refractivity contribution < 1.29 is 9.59 Å². The zero-order valence-electron chi connectivity index (χ0n) is 11.9. The summed E-state index contributed by atoms with van der Waals surface area (Å²) in [5.74, 6) is -0.00418. The van der Waals surface area contributed by atoms with Gasteiger partial charge in [0.1, 0.15) is 0 Å². The third-order valence-corrected chi connectivity index (χ3v) is 2.59. The van der Waals surface area contributed by atoms with Gasteiger partial charge in [-0.05, 0) is 17.3 Å². The lowest BCUT2D eigenvalue weighted by Gasteiger charge is -2.35. The summed E-state index contributed by atoms with van der Waals surface area (Å²) >= 11 is 0. The van der Waals surface area contributed by atoms with Gasteiger partial charge in [-0.3, -0.25) is 9.59 Å². The minimum absolute atomic E-state index is 0.00209. The van der Waals surface area contributed by atoms with Crippen LogP contribution in [0.1, 0.15) is 48.0 Å². The molecule has 0 bridgehead atoms. The zero-order valence-corrected chi connectivity index (χ0v) is 11.9. The highest BCUT2D eigenvalue weighted by molar-refractivity contribution is 5.73. The van der Waals surface area contributed by atoms with Crippen molar-refractivity contribution in [3.8, 4) is 0 Å². The molecule has 17 heavy (non-hydrogen) atoms. The molecule has 0 fully saturated rings. The molecular formula is C13H26N2O2. The first kappa shape index (κ1) is 15.9. The van der Waals surface area contributed by atoms with Gasteiger partial charge in [-0.25, -0.2) is 0 Å². The molecule has 0 aromatic heterocycles. The molecule has 0 heterocycles. The number of hydrogen-bond acceptors (Lipinski definition) is 2. The summed E-state index contributed by atoms with van der Waals surface area (Å²) in [6.45, 7) is 12.9. The fourth-order valence-corrected chi connectivity index (χ4v) is 2.15. The number of amides is 2. The fourth-order valence-electron chi connectivity index (χ4n) is 2.15. The van der Waals surface area contributed by atoms with Crippen LogP contribution in [0.3, 0.4) is 0 Å². The van der Waals surface area contributed by atoms with Gasteiger partial charge in [0.15, 0.2) is 0 Å². The van der Waals surface area contributed by atoms with Crippen LogP contribution >= 0.6 is 0 Å². The maximum Gasteiger partial charge on any atom is 0.216 e. The SMILES string of the molecule is CC(=O)NCC(C)(C)CC(C)(C)CNC(C)=O. The van der Waals surface area contributed by atoms with Crippen LogP contribution in [0.2, 0.25) is 0 Å². The van der Waals surface area contributed by atoms with E-state index in [1.807, 2.05) is 0 Å². The lowest BCUT2D eigenvalue weighted by molar-refractivity contribution is -0.119. The van der Waals surface area contributed by atoms with E-state index in [9.17, 15) is 9.59 Å². The number of rotatable bonds is 6. The van der Waals surface area contributed by atoms with Gasteiger partial charge in [0.05, 0.1) is 0 Å². The third-order valence-electron chi connectivity index (χ3n) is 2.59. The average Bonchev–Trinajstić information content (AvgIpc) is 2.10. The van der Waals surface area contributed by atoms with Gasteiger partial charge >= 0.3 is 0 Å². The van der Waals surface area contributed by atoms with Crippen LogP contribution in [0.5, 0.6) is 0 Å². The Morgan fingerprint density at radius 1 is 0.824 bits per heavy atom. The Bertz CT molecular complexity index is 255. The van der Waals surface area contributed by atoms with E-state index in [4.69, 9.17) is 0 Å². The second-order valence-corrected chi connectivity index (χ2v) is 6.32. The maximum absolute atomic E-state index is 10.9. The molecule has 0 aromatic carbocycles. The molecule has 0 atom stereocenters. The molecule has 0 aliphatic rings. The topological polar surface area (TPSA) is 58.2 Å². The van der Waals surface area contributed by atoms with Crippen LogP contribution in [-0.4, -0.2) is 24.9 Å². The van der Waals surface area contributed by atoms with Crippen molar-refractivity contribution in [1.29, 1.82) is 0 Å². The van der Waals surface area contributed by atoms with Gasteiger partial charge in [0.2, 0.25) is 11.8 Å². The Morgan fingerprint density at radius 2 is 1.12 bits per heavy atom. The summed E-state index contributed by atoms with van der Waals surface area (Å²) in [6, 6.07) is 0. The molecule has 100 valence electrons. The van der Waals surface area contributed by atoms with E-state index >= 15 is 0 Å². The van der Waals surface area contributed by atoms with Gasteiger partial charge in [-0.15, -0.1) is 0 Å². The number of nitrogens with one attached hydrogen (secondary N) is 2. The lowest BCUT2D eigenvalue weighted by atomic mass is 9.75. The summed E-state index contributed by atoms with van der Waals surface area (Å²) in [5, 5.41) is 5.69. The largest absolute Gasteiger partial charge is 0.356 e. The summed E-state index contributed by atoms with van der Waals surface area (Å²) in [7, 11) is 0. The second-order valence-electron chi connectivity index (χ2n) is 6.32. The highest BCUT2D eigenvalue weighted by Gasteiger charge is 2.29. The van der Waals surface area contributed by atoms with Crippen LogP contribution in [0.25, 0.3) is 0 Å². The van der Waals surface area contributed by atoms with Gasteiger partial charge in [0.25, 0.3) is 0 Å². The van der Waals surface area contributed by atoms with Crippen molar-refractivity contribution in [2.45, 2.75) is 48.0 Å². The van der Waals surface area contributed by atoms with E-state index in [2.05, 4.69) is 38.3 Å². The minimum atomic E-state index is -0.00209. The second kappa shape index (κ2) is 6.03. The van der Waals surface area contributed by atoms with Gasteiger partial charge in [0, 0.05) is 26.9 Å². The molecule has 0 aromatic rings. The van der Waals surface area contributed by atoms with Crippen LogP contribution in [0.15, 0.2) is 0 Å². The van der Waals surface area contributed by atoms with Crippen LogP contribution in [0, 0.1) is 10.8 Å². The molecule has 0 unspecified atom stereocenters. The molecule has 0 rings (SSSR count). The van der Waals surface area contributed by atoms with E-state index < -0.39 is 0 Å². The quantitative estimate of drug-likeness (QED) is 0.745. The molecule has 0 radical (unpaired) electrons. The van der Waals surface area contributed by atoms with Crippen LogP contribution < -0.4 is 10.6 Å². The summed E-state index contributed by atoms with van der Waals surface area (Å²) in [4.78, 5) is 21.8. The monoisotopic (exact) mass is 242 g/mol. The molecule has 4 nitrogen and oxygen atoms in total. The zero-order chi connectivity index (χ0) is 13.7. The van der Waals surface area contributed by atoms with E-state index in [1.165, 1.54) is 13.8 Å². The van der Waals surface area contributed by atoms with Crippen molar-refractivity contribution in [2.24, 2.45) is 10.8 Å². The summed E-state index contributed by atoms with van der Waals surface area (Å²) in [6.07, 6.45) is 0.931. The molecule has 4 heteroatoms. The van der Waals surface area contributed by atoms with Crippen molar-refractivity contribution >= 4 is 11.8 Å². The normalized spacial score (nSPS) is 12.1. The fraction of sp³-hybridized carbons (Fsp3) is 0.846. The highest BCUT2D eigenvalue weighted by atomic mass is 16.2. The number of hydrogen-bond donors (Lipinski definition) is 2. The lowest BCUT2D eigenvalue weighted by Crippen LogP contribution is -2.40. The summed E-state index contributed by atoms with van der Waals surface area (Å²) < 4.78 is 0. The van der Waals surface area contributed by atoms with E-state index in [1.54, 1.807) is 0 Å². The first-order valence-corrected chi connectivity index (χ1v) is 6.03. The van der Waals surface area contributed by atoms with Crippen molar-refractivity contribution in [3.63, 3.8) is 0 Å². The minimum Gasteiger partial charge on any atom is -0.356 e. The van der Waals surface area contributed by atoms with E-state index in [0.29, 0.717) is 13.1 Å². The predicted molar refractivity (Wildman–Crippen MR) is 69.5 cm³/mol. The molecule has 0 saturated heterocycles. The first-order valence-electron chi connectivity index (χ1n) is 6.03. The Balaban J connectivity index is 4.26. The smallest absolute Gasteiger partial charge is 0.216 e. The van der Waals surface area contributed by atoms with Crippen LogP contribution in [-0.2, 0) is 9.59 Å². The Labute approximate surface area is 105 Å².